The fraction of sp³-hybridized carbons (Fsp3) is 0.0714. The third kappa shape index (κ3) is 2.65. The molecule has 0 unspecified atom stereocenters. The van der Waals surface area contributed by atoms with Gasteiger partial charge < -0.3 is 11.5 Å². The molecule has 2 aromatic carbocycles. The Morgan fingerprint density at radius 2 is 1.89 bits per heavy atom. The summed E-state index contributed by atoms with van der Waals surface area (Å²) in [6.07, 6.45) is 0. The van der Waals surface area contributed by atoms with Crippen molar-refractivity contribution in [3.8, 4) is 0 Å². The lowest BCUT2D eigenvalue weighted by Crippen LogP contribution is -2.13. The molecule has 0 heterocycles. The third-order valence-corrected chi connectivity index (χ3v) is 3.61. The Balaban J connectivity index is 2.35. The predicted molar refractivity (Wildman–Crippen MR) is 74.7 cm³/mol. The molecule has 92 valence electrons. The van der Waals surface area contributed by atoms with E-state index in [1.54, 1.807) is 12.1 Å². The van der Waals surface area contributed by atoms with E-state index in [1.165, 1.54) is 17.3 Å². The maximum Gasteiger partial charge on any atom is 0.250 e. The lowest BCUT2D eigenvalue weighted by atomic mass is 10.2. The molecule has 4 heteroatoms. The summed E-state index contributed by atoms with van der Waals surface area (Å²) in [7, 11) is 0. The predicted octanol–water partition coefficient (Wildman–Crippen LogP) is 2.83. The number of carbonyl (C=O) groups excluding carboxylic acids is 1. The van der Waals surface area contributed by atoms with Crippen LogP contribution in [0.5, 0.6) is 0 Å². The van der Waals surface area contributed by atoms with E-state index < -0.39 is 5.91 Å². The van der Waals surface area contributed by atoms with Gasteiger partial charge in [-0.15, -0.1) is 0 Å². The smallest absolute Gasteiger partial charge is 0.250 e. The van der Waals surface area contributed by atoms with Gasteiger partial charge in [-0.2, -0.15) is 0 Å². The van der Waals surface area contributed by atoms with Crippen LogP contribution in [0, 0.1) is 6.92 Å². The summed E-state index contributed by atoms with van der Waals surface area (Å²) in [6.45, 7) is 2.03. The van der Waals surface area contributed by atoms with Crippen LogP contribution < -0.4 is 11.5 Å². The number of anilines is 1. The number of rotatable bonds is 3. The lowest BCUT2D eigenvalue weighted by Gasteiger charge is -2.08. The van der Waals surface area contributed by atoms with Crippen LogP contribution in [-0.2, 0) is 0 Å². The molecule has 0 saturated heterocycles. The summed E-state index contributed by atoms with van der Waals surface area (Å²) in [5.74, 6) is -0.501. The Morgan fingerprint density at radius 1 is 1.17 bits per heavy atom. The highest BCUT2D eigenvalue weighted by Crippen LogP contribution is 2.33. The summed E-state index contributed by atoms with van der Waals surface area (Å²) in [5, 5.41) is 0. The SMILES string of the molecule is Cc1cccc(Sc2cccc(C(N)=O)c2N)c1. The number of hydrogen-bond donors (Lipinski definition) is 2. The Morgan fingerprint density at radius 3 is 2.56 bits per heavy atom. The molecule has 1 amide bonds. The van der Waals surface area contributed by atoms with E-state index >= 15 is 0 Å². The number of hydrogen-bond acceptors (Lipinski definition) is 3. The van der Waals surface area contributed by atoms with Crippen LogP contribution in [0.15, 0.2) is 52.3 Å². The van der Waals surface area contributed by atoms with Gasteiger partial charge in [-0.25, -0.2) is 0 Å². The van der Waals surface area contributed by atoms with Crippen molar-refractivity contribution in [1.82, 2.24) is 0 Å². The molecule has 0 aromatic heterocycles. The second kappa shape index (κ2) is 5.14. The van der Waals surface area contributed by atoms with E-state index in [2.05, 4.69) is 6.07 Å². The number of amides is 1. The van der Waals surface area contributed by atoms with Crippen molar-refractivity contribution in [3.63, 3.8) is 0 Å². The maximum absolute atomic E-state index is 11.2. The van der Waals surface area contributed by atoms with Crippen LogP contribution in [-0.4, -0.2) is 5.91 Å². The number of para-hydroxylation sites is 1. The van der Waals surface area contributed by atoms with Crippen molar-refractivity contribution < 1.29 is 4.79 Å². The zero-order valence-electron chi connectivity index (χ0n) is 10.0. The van der Waals surface area contributed by atoms with Gasteiger partial charge in [0.1, 0.15) is 0 Å². The molecule has 0 spiro atoms. The fourth-order valence-electron chi connectivity index (χ4n) is 1.65. The first-order chi connectivity index (χ1) is 8.58. The number of carbonyl (C=O) groups is 1. The number of aryl methyl sites for hydroxylation is 1. The van der Waals surface area contributed by atoms with Crippen molar-refractivity contribution in [2.75, 3.05) is 5.73 Å². The fourth-order valence-corrected chi connectivity index (χ4v) is 2.67. The number of primary amides is 1. The van der Waals surface area contributed by atoms with Gasteiger partial charge in [0.15, 0.2) is 0 Å². The van der Waals surface area contributed by atoms with Crippen molar-refractivity contribution in [3.05, 3.63) is 53.6 Å². The minimum absolute atomic E-state index is 0.368. The molecule has 0 aliphatic rings. The molecule has 2 aromatic rings. The van der Waals surface area contributed by atoms with Crippen LogP contribution in [0.2, 0.25) is 0 Å². The van der Waals surface area contributed by atoms with E-state index in [0.29, 0.717) is 11.3 Å². The average molecular weight is 258 g/mol. The molecule has 3 nitrogen and oxygen atoms in total. The molecule has 0 bridgehead atoms. The van der Waals surface area contributed by atoms with E-state index in [9.17, 15) is 4.79 Å². The largest absolute Gasteiger partial charge is 0.397 e. The van der Waals surface area contributed by atoms with Gasteiger partial charge >= 0.3 is 0 Å². The summed E-state index contributed by atoms with van der Waals surface area (Å²) in [5.41, 5.74) is 13.2. The molecule has 0 atom stereocenters. The summed E-state index contributed by atoms with van der Waals surface area (Å²) in [4.78, 5) is 13.1. The molecule has 2 rings (SSSR count). The molecule has 0 fully saturated rings. The molecule has 0 aliphatic heterocycles. The first kappa shape index (κ1) is 12.5. The Labute approximate surface area is 110 Å². The van der Waals surface area contributed by atoms with Crippen LogP contribution >= 0.6 is 11.8 Å². The summed E-state index contributed by atoms with van der Waals surface area (Å²) in [6, 6.07) is 13.4. The van der Waals surface area contributed by atoms with Crippen molar-refractivity contribution in [2.45, 2.75) is 16.7 Å². The highest BCUT2D eigenvalue weighted by molar-refractivity contribution is 7.99. The average Bonchev–Trinajstić information content (AvgIpc) is 2.31. The monoisotopic (exact) mass is 258 g/mol. The van der Waals surface area contributed by atoms with Gasteiger partial charge in [-0.3, -0.25) is 4.79 Å². The Kier molecular flexibility index (Phi) is 3.58. The first-order valence-corrected chi connectivity index (χ1v) is 6.32. The van der Waals surface area contributed by atoms with E-state index in [4.69, 9.17) is 11.5 Å². The topological polar surface area (TPSA) is 69.1 Å². The zero-order valence-corrected chi connectivity index (χ0v) is 10.8. The van der Waals surface area contributed by atoms with Crippen molar-refractivity contribution >= 4 is 23.4 Å². The summed E-state index contributed by atoms with van der Waals surface area (Å²) >= 11 is 1.53. The van der Waals surface area contributed by atoms with Crippen LogP contribution in [0.1, 0.15) is 15.9 Å². The second-order valence-electron chi connectivity index (χ2n) is 4.00. The molecular weight excluding hydrogens is 244 g/mol. The molecular formula is C14H14N2OS. The number of nitrogens with two attached hydrogens (primary N) is 2. The Bertz CT molecular complexity index is 596. The molecule has 0 saturated carbocycles. The standard InChI is InChI=1S/C14H14N2OS/c1-9-4-2-5-10(8-9)18-12-7-3-6-11(13(12)15)14(16)17/h2-8H,15H2,1H3,(H2,16,17). The third-order valence-electron chi connectivity index (χ3n) is 2.55. The Hall–Kier alpha value is -1.94. The zero-order chi connectivity index (χ0) is 13.1. The van der Waals surface area contributed by atoms with Gasteiger partial charge in [0.2, 0.25) is 0 Å². The minimum atomic E-state index is -0.501. The van der Waals surface area contributed by atoms with E-state index in [-0.39, 0.29) is 0 Å². The number of nitrogen functional groups attached to an aromatic ring is 1. The highest BCUT2D eigenvalue weighted by Gasteiger charge is 2.10. The molecule has 4 N–H and O–H groups in total. The van der Waals surface area contributed by atoms with Gasteiger partial charge in [0.25, 0.3) is 5.91 Å². The molecule has 0 aliphatic carbocycles. The minimum Gasteiger partial charge on any atom is -0.397 e. The second-order valence-corrected chi connectivity index (χ2v) is 5.12. The van der Waals surface area contributed by atoms with Gasteiger partial charge in [-0.1, -0.05) is 35.5 Å². The summed E-state index contributed by atoms with van der Waals surface area (Å²) < 4.78 is 0. The van der Waals surface area contributed by atoms with Crippen molar-refractivity contribution in [2.24, 2.45) is 5.73 Å². The first-order valence-electron chi connectivity index (χ1n) is 5.51. The highest BCUT2D eigenvalue weighted by atomic mass is 32.2. The van der Waals surface area contributed by atoms with E-state index in [0.717, 1.165) is 9.79 Å². The number of benzene rings is 2. The van der Waals surface area contributed by atoms with Gasteiger partial charge in [0.05, 0.1) is 11.3 Å². The normalized spacial score (nSPS) is 10.3. The molecule has 0 radical (unpaired) electrons. The van der Waals surface area contributed by atoms with Crippen LogP contribution in [0.25, 0.3) is 0 Å². The van der Waals surface area contributed by atoms with E-state index in [1.807, 2.05) is 31.2 Å². The lowest BCUT2D eigenvalue weighted by molar-refractivity contribution is 0.100. The van der Waals surface area contributed by atoms with Crippen molar-refractivity contribution in [1.29, 1.82) is 0 Å². The molecule has 18 heavy (non-hydrogen) atoms. The maximum atomic E-state index is 11.2. The van der Waals surface area contributed by atoms with Crippen LogP contribution in [0.4, 0.5) is 5.69 Å². The van der Waals surface area contributed by atoms with Gasteiger partial charge in [-0.05, 0) is 31.2 Å². The van der Waals surface area contributed by atoms with Crippen LogP contribution in [0.3, 0.4) is 0 Å². The quantitative estimate of drug-likeness (QED) is 0.832. The van der Waals surface area contributed by atoms with Gasteiger partial charge in [0, 0.05) is 9.79 Å².